The van der Waals surface area contributed by atoms with E-state index in [1.807, 2.05) is 86.6 Å². The van der Waals surface area contributed by atoms with Gasteiger partial charge in [0.25, 0.3) is 11.5 Å². The molecule has 1 N–H and O–H groups in total. The number of nitrogens with zero attached hydrogens (tertiary/aromatic N) is 4. The smallest absolute Gasteiger partial charge is 0.296 e. The first-order valence-corrected chi connectivity index (χ1v) is 10.8. The number of aromatic nitrogens is 4. The molecule has 0 saturated carbocycles. The Hall–Kier alpha value is -4.26. The monoisotopic (exact) mass is 437 g/mol. The summed E-state index contributed by atoms with van der Waals surface area (Å²) in [5.74, 6) is -0.450. The number of aryl methyl sites for hydroxylation is 2. The summed E-state index contributed by atoms with van der Waals surface area (Å²) in [6.07, 6.45) is 0. The summed E-state index contributed by atoms with van der Waals surface area (Å²) in [5.41, 5.74) is 5.43. The molecule has 1 amide bonds. The lowest BCUT2D eigenvalue weighted by Crippen LogP contribution is -2.24. The number of hydrogen-bond donors (Lipinski definition) is 1. The molecule has 7 nitrogen and oxygen atoms in total. The Morgan fingerprint density at radius 2 is 1.64 bits per heavy atom. The Bertz CT molecular complexity index is 1550. The molecule has 0 saturated heterocycles. The molecule has 33 heavy (non-hydrogen) atoms. The highest BCUT2D eigenvalue weighted by molar-refractivity contribution is 5.91. The molecule has 0 atom stereocenters. The molecule has 2 heterocycles. The highest BCUT2D eigenvalue weighted by atomic mass is 16.2. The average Bonchev–Trinajstić information content (AvgIpc) is 3.27. The topological polar surface area (TPSA) is 81.3 Å². The van der Waals surface area contributed by atoms with Crippen molar-refractivity contribution in [3.63, 3.8) is 0 Å². The maximum atomic E-state index is 13.4. The summed E-state index contributed by atoms with van der Waals surface area (Å²) >= 11 is 0. The van der Waals surface area contributed by atoms with Crippen LogP contribution in [0.4, 0.5) is 0 Å². The number of amides is 1. The van der Waals surface area contributed by atoms with E-state index in [1.54, 1.807) is 4.57 Å². The van der Waals surface area contributed by atoms with Crippen LogP contribution in [0.5, 0.6) is 0 Å². The van der Waals surface area contributed by atoms with Crippen molar-refractivity contribution in [1.82, 2.24) is 24.5 Å². The van der Waals surface area contributed by atoms with E-state index in [9.17, 15) is 9.59 Å². The first-order chi connectivity index (χ1) is 16.0. The third-order valence-corrected chi connectivity index (χ3v) is 5.62. The summed E-state index contributed by atoms with van der Waals surface area (Å²) in [6.45, 7) is 4.74. The van der Waals surface area contributed by atoms with Crippen LogP contribution in [-0.2, 0) is 13.1 Å². The van der Waals surface area contributed by atoms with Crippen molar-refractivity contribution in [3.05, 3.63) is 111 Å². The van der Waals surface area contributed by atoms with Crippen LogP contribution in [0.15, 0.2) is 77.6 Å². The Morgan fingerprint density at radius 1 is 0.879 bits per heavy atom. The molecule has 0 unspecified atom stereocenters. The van der Waals surface area contributed by atoms with E-state index < -0.39 is 5.91 Å². The summed E-state index contributed by atoms with van der Waals surface area (Å²) < 4.78 is 3.16. The van der Waals surface area contributed by atoms with Gasteiger partial charge in [-0.15, -0.1) is 5.10 Å². The van der Waals surface area contributed by atoms with Crippen LogP contribution in [0, 0.1) is 13.8 Å². The largest absolute Gasteiger partial charge is 0.345 e. The number of hydrogen-bond acceptors (Lipinski definition) is 4. The fourth-order valence-electron chi connectivity index (χ4n) is 3.98. The first kappa shape index (κ1) is 20.6. The van der Waals surface area contributed by atoms with Crippen LogP contribution < -0.4 is 10.9 Å². The minimum atomic E-state index is -0.422. The standard InChI is InChI=1S/C26H23N5O2/c1-17-7-6-10-20(13-17)15-27-25(32)23-28-24-26(33)30(16-19-8-4-3-5-9-19)22-14-18(2)11-12-21(22)31(24)29-23/h3-14H,15-16H2,1-2H3,(H,27,32). The van der Waals surface area contributed by atoms with E-state index in [4.69, 9.17) is 0 Å². The van der Waals surface area contributed by atoms with Gasteiger partial charge in [0.05, 0.1) is 17.6 Å². The minimum absolute atomic E-state index is 0.0286. The van der Waals surface area contributed by atoms with Crippen molar-refractivity contribution in [2.24, 2.45) is 0 Å². The molecule has 164 valence electrons. The SMILES string of the molecule is Cc1cccc(CNC(=O)c2nc3c(=O)n(Cc4ccccc4)c4cc(C)ccc4n3n2)c1. The normalized spacial score (nSPS) is 11.2. The lowest BCUT2D eigenvalue weighted by atomic mass is 10.1. The fourth-order valence-corrected chi connectivity index (χ4v) is 3.98. The van der Waals surface area contributed by atoms with Crippen LogP contribution >= 0.6 is 0 Å². The van der Waals surface area contributed by atoms with E-state index in [1.165, 1.54) is 4.52 Å². The molecular weight excluding hydrogens is 414 g/mol. The zero-order chi connectivity index (χ0) is 22.9. The second-order valence-corrected chi connectivity index (χ2v) is 8.21. The Balaban J connectivity index is 1.57. The van der Waals surface area contributed by atoms with Crippen LogP contribution in [0.2, 0.25) is 0 Å². The van der Waals surface area contributed by atoms with Crippen LogP contribution in [-0.4, -0.2) is 25.1 Å². The second-order valence-electron chi connectivity index (χ2n) is 8.21. The van der Waals surface area contributed by atoms with Gasteiger partial charge in [-0.1, -0.05) is 66.2 Å². The van der Waals surface area contributed by atoms with Gasteiger partial charge in [0, 0.05) is 6.54 Å². The highest BCUT2D eigenvalue weighted by Gasteiger charge is 2.19. The number of benzene rings is 3. The van der Waals surface area contributed by atoms with Gasteiger partial charge in [-0.3, -0.25) is 14.2 Å². The summed E-state index contributed by atoms with van der Waals surface area (Å²) in [4.78, 5) is 30.5. The van der Waals surface area contributed by atoms with Crippen molar-refractivity contribution in [2.75, 3.05) is 0 Å². The number of nitrogens with one attached hydrogen (secondary N) is 1. The maximum Gasteiger partial charge on any atom is 0.296 e. The van der Waals surface area contributed by atoms with Crippen molar-refractivity contribution in [2.45, 2.75) is 26.9 Å². The van der Waals surface area contributed by atoms with Gasteiger partial charge in [-0.25, -0.2) is 4.52 Å². The molecule has 0 fully saturated rings. The van der Waals surface area contributed by atoms with E-state index >= 15 is 0 Å². The van der Waals surface area contributed by atoms with Gasteiger partial charge in [-0.2, -0.15) is 4.98 Å². The van der Waals surface area contributed by atoms with Gasteiger partial charge in [0.15, 0.2) is 0 Å². The predicted octanol–water partition coefficient (Wildman–Crippen LogP) is 3.64. The lowest BCUT2D eigenvalue weighted by Gasteiger charge is -2.12. The quantitative estimate of drug-likeness (QED) is 0.455. The summed E-state index contributed by atoms with van der Waals surface area (Å²) in [7, 11) is 0. The van der Waals surface area contributed by atoms with E-state index in [0.29, 0.717) is 13.1 Å². The lowest BCUT2D eigenvalue weighted by molar-refractivity contribution is 0.0941. The molecule has 7 heteroatoms. The summed E-state index contributed by atoms with van der Waals surface area (Å²) in [6, 6.07) is 23.5. The number of carbonyl (C=O) groups is 1. The Kier molecular flexibility index (Phi) is 5.22. The van der Waals surface area contributed by atoms with Gasteiger partial charge in [0.2, 0.25) is 11.5 Å². The van der Waals surface area contributed by atoms with Gasteiger partial charge >= 0.3 is 0 Å². The second kappa shape index (κ2) is 8.35. The predicted molar refractivity (Wildman–Crippen MR) is 127 cm³/mol. The molecule has 3 aromatic carbocycles. The third-order valence-electron chi connectivity index (χ3n) is 5.62. The van der Waals surface area contributed by atoms with Crippen LogP contribution in [0.3, 0.4) is 0 Å². The molecule has 0 radical (unpaired) electrons. The fraction of sp³-hybridized carbons (Fsp3) is 0.154. The third kappa shape index (κ3) is 4.01. The molecule has 0 aliphatic carbocycles. The van der Waals surface area contributed by atoms with Crippen molar-refractivity contribution < 1.29 is 4.79 Å². The van der Waals surface area contributed by atoms with E-state index in [-0.39, 0.29) is 17.0 Å². The molecule has 0 bridgehead atoms. The average molecular weight is 438 g/mol. The zero-order valence-corrected chi connectivity index (χ0v) is 18.4. The van der Waals surface area contributed by atoms with Crippen molar-refractivity contribution in [1.29, 1.82) is 0 Å². The van der Waals surface area contributed by atoms with Gasteiger partial charge < -0.3 is 5.32 Å². The zero-order valence-electron chi connectivity index (χ0n) is 18.4. The molecule has 2 aromatic heterocycles. The van der Waals surface area contributed by atoms with Crippen LogP contribution in [0.1, 0.15) is 32.9 Å². The molecule has 5 rings (SSSR count). The molecule has 0 aliphatic rings. The van der Waals surface area contributed by atoms with Crippen molar-refractivity contribution in [3.8, 4) is 0 Å². The summed E-state index contributed by atoms with van der Waals surface area (Å²) in [5, 5.41) is 7.24. The van der Waals surface area contributed by atoms with E-state index in [2.05, 4.69) is 15.4 Å². The Morgan fingerprint density at radius 3 is 2.42 bits per heavy atom. The molecule has 5 aromatic rings. The molecule has 0 aliphatic heterocycles. The van der Waals surface area contributed by atoms with Gasteiger partial charge in [0.1, 0.15) is 0 Å². The number of rotatable bonds is 5. The highest BCUT2D eigenvalue weighted by Crippen LogP contribution is 2.17. The maximum absolute atomic E-state index is 13.4. The number of carbonyl (C=O) groups excluding carboxylic acids is 1. The van der Waals surface area contributed by atoms with Crippen LogP contribution in [0.25, 0.3) is 16.7 Å². The van der Waals surface area contributed by atoms with Gasteiger partial charge in [-0.05, 0) is 42.7 Å². The molecule has 0 spiro atoms. The Labute approximate surface area is 190 Å². The molecular formula is C26H23N5O2. The first-order valence-electron chi connectivity index (χ1n) is 10.8. The number of fused-ring (bicyclic) bond motifs is 3. The minimum Gasteiger partial charge on any atom is -0.345 e. The van der Waals surface area contributed by atoms with E-state index in [0.717, 1.165) is 33.3 Å². The van der Waals surface area contributed by atoms with Crippen molar-refractivity contribution >= 4 is 22.6 Å².